The van der Waals surface area contributed by atoms with Crippen molar-refractivity contribution in [2.45, 2.75) is 19.4 Å². The van der Waals surface area contributed by atoms with Crippen LogP contribution in [-0.2, 0) is 20.7 Å². The number of halogens is 1. The van der Waals surface area contributed by atoms with Crippen LogP contribution in [0.5, 0.6) is 0 Å². The van der Waals surface area contributed by atoms with Gasteiger partial charge >= 0.3 is 5.97 Å². The summed E-state index contributed by atoms with van der Waals surface area (Å²) in [6, 6.07) is 19.2. The first kappa shape index (κ1) is 23.2. The fraction of sp³-hybridized carbons (Fsp3) is 0.154. The molecule has 1 atom stereocenters. The molecule has 4 rings (SSSR count). The molecular formula is C26H21ClN2O5. The molecule has 3 amide bonds. The third-order valence-corrected chi connectivity index (χ3v) is 5.89. The molecule has 0 saturated carbocycles. The van der Waals surface area contributed by atoms with E-state index in [1.807, 2.05) is 13.0 Å². The van der Waals surface area contributed by atoms with Gasteiger partial charge in [0.1, 0.15) is 6.04 Å². The summed E-state index contributed by atoms with van der Waals surface area (Å²) in [5, 5.41) is 3.10. The average Bonchev–Trinajstić information content (AvgIpc) is 3.09. The predicted octanol–water partition coefficient (Wildman–Crippen LogP) is 4.04. The van der Waals surface area contributed by atoms with Crippen molar-refractivity contribution in [1.82, 2.24) is 4.90 Å². The van der Waals surface area contributed by atoms with Crippen molar-refractivity contribution < 1.29 is 23.9 Å². The van der Waals surface area contributed by atoms with Crippen LogP contribution in [0.3, 0.4) is 0 Å². The van der Waals surface area contributed by atoms with Gasteiger partial charge in [-0.2, -0.15) is 0 Å². The summed E-state index contributed by atoms with van der Waals surface area (Å²) in [7, 11) is 0. The highest BCUT2D eigenvalue weighted by molar-refractivity contribution is 6.31. The van der Waals surface area contributed by atoms with Crippen molar-refractivity contribution in [2.75, 3.05) is 11.9 Å². The first-order chi connectivity index (χ1) is 16.3. The maximum Gasteiger partial charge on any atom is 0.330 e. The molecule has 172 valence electrons. The molecular weight excluding hydrogens is 456 g/mol. The number of hydrogen-bond acceptors (Lipinski definition) is 5. The van der Waals surface area contributed by atoms with Crippen LogP contribution < -0.4 is 5.32 Å². The van der Waals surface area contributed by atoms with Gasteiger partial charge in [0.15, 0.2) is 6.61 Å². The van der Waals surface area contributed by atoms with Crippen molar-refractivity contribution in [3.05, 3.63) is 100 Å². The number of aryl methyl sites for hydroxylation is 1. The van der Waals surface area contributed by atoms with E-state index in [0.717, 1.165) is 16.0 Å². The van der Waals surface area contributed by atoms with Crippen LogP contribution in [0.15, 0.2) is 72.8 Å². The number of amides is 3. The van der Waals surface area contributed by atoms with Gasteiger partial charge in [0.05, 0.1) is 11.1 Å². The Morgan fingerprint density at radius 3 is 2.18 bits per heavy atom. The molecule has 7 nitrogen and oxygen atoms in total. The molecule has 1 aliphatic rings. The van der Waals surface area contributed by atoms with Gasteiger partial charge < -0.3 is 10.1 Å². The van der Waals surface area contributed by atoms with Crippen molar-refractivity contribution >= 4 is 41.0 Å². The van der Waals surface area contributed by atoms with Crippen LogP contribution in [0, 0.1) is 6.92 Å². The lowest BCUT2D eigenvalue weighted by Gasteiger charge is -2.24. The molecule has 0 unspecified atom stereocenters. The first-order valence-corrected chi connectivity index (χ1v) is 11.0. The second kappa shape index (κ2) is 9.89. The molecule has 0 saturated heterocycles. The van der Waals surface area contributed by atoms with Gasteiger partial charge in [-0.05, 0) is 42.3 Å². The number of anilines is 1. The van der Waals surface area contributed by atoms with Gasteiger partial charge in [0.25, 0.3) is 17.7 Å². The van der Waals surface area contributed by atoms with Crippen molar-refractivity contribution in [2.24, 2.45) is 0 Å². The molecule has 1 heterocycles. The van der Waals surface area contributed by atoms with Crippen LogP contribution in [0.2, 0.25) is 5.02 Å². The van der Waals surface area contributed by atoms with E-state index < -0.39 is 36.3 Å². The molecule has 8 heteroatoms. The molecule has 1 aliphatic heterocycles. The average molecular weight is 477 g/mol. The van der Waals surface area contributed by atoms with E-state index >= 15 is 0 Å². The zero-order valence-corrected chi connectivity index (χ0v) is 19.0. The number of benzene rings is 3. The number of fused-ring (bicyclic) bond motifs is 1. The van der Waals surface area contributed by atoms with Crippen LogP contribution >= 0.6 is 11.6 Å². The summed E-state index contributed by atoms with van der Waals surface area (Å²) in [4.78, 5) is 52.3. The third kappa shape index (κ3) is 4.84. The number of nitrogens with one attached hydrogen (secondary N) is 1. The normalized spacial score (nSPS) is 13.4. The summed E-state index contributed by atoms with van der Waals surface area (Å²) >= 11 is 6.08. The second-order valence-corrected chi connectivity index (χ2v) is 8.26. The van der Waals surface area contributed by atoms with E-state index in [4.69, 9.17) is 16.3 Å². The molecule has 0 spiro atoms. The van der Waals surface area contributed by atoms with Crippen LogP contribution in [0.25, 0.3) is 0 Å². The van der Waals surface area contributed by atoms with Crippen molar-refractivity contribution in [3.63, 3.8) is 0 Å². The standard InChI is InChI=1S/C26H21ClN2O5/c1-16-11-12-18(14-21(16)27)28-23(30)15-34-26(33)22(13-17-7-3-2-4-8-17)29-24(31)19-9-5-6-10-20(19)25(29)32/h2-12,14,22H,13,15H2,1H3,(H,28,30)/t22-/m0/s1. The molecule has 3 aromatic carbocycles. The smallest absolute Gasteiger partial charge is 0.330 e. The lowest BCUT2D eigenvalue weighted by atomic mass is 10.0. The van der Waals surface area contributed by atoms with Gasteiger partial charge in [-0.3, -0.25) is 19.3 Å². The molecule has 1 N–H and O–H groups in total. The van der Waals surface area contributed by atoms with E-state index in [0.29, 0.717) is 10.7 Å². The SMILES string of the molecule is Cc1ccc(NC(=O)COC(=O)[C@H](Cc2ccccc2)N2C(=O)c3ccccc3C2=O)cc1Cl. The monoisotopic (exact) mass is 476 g/mol. The topological polar surface area (TPSA) is 92.8 Å². The number of carbonyl (C=O) groups is 4. The van der Waals surface area contributed by atoms with Gasteiger partial charge in [0.2, 0.25) is 0 Å². The Morgan fingerprint density at radius 2 is 1.56 bits per heavy atom. The number of esters is 1. The number of nitrogens with zero attached hydrogens (tertiary/aromatic N) is 1. The second-order valence-electron chi connectivity index (χ2n) is 7.85. The quantitative estimate of drug-likeness (QED) is 0.410. The summed E-state index contributed by atoms with van der Waals surface area (Å²) in [6.07, 6.45) is 0.0559. The highest BCUT2D eigenvalue weighted by Crippen LogP contribution is 2.26. The van der Waals surface area contributed by atoms with Gasteiger partial charge in [0, 0.05) is 17.1 Å². The molecule has 0 radical (unpaired) electrons. The Hall–Kier alpha value is -3.97. The Kier molecular flexibility index (Phi) is 6.75. The van der Waals surface area contributed by atoms with Crippen molar-refractivity contribution in [1.29, 1.82) is 0 Å². The van der Waals surface area contributed by atoms with Gasteiger partial charge in [-0.15, -0.1) is 0 Å². The van der Waals surface area contributed by atoms with Gasteiger partial charge in [-0.25, -0.2) is 4.79 Å². The summed E-state index contributed by atoms with van der Waals surface area (Å²) in [6.45, 7) is 1.25. The Bertz CT molecular complexity index is 1240. The maximum absolute atomic E-state index is 13.1. The fourth-order valence-electron chi connectivity index (χ4n) is 3.71. The highest BCUT2D eigenvalue weighted by Gasteiger charge is 2.43. The molecule has 34 heavy (non-hydrogen) atoms. The zero-order chi connectivity index (χ0) is 24.2. The van der Waals surface area contributed by atoms with Crippen LogP contribution in [0.1, 0.15) is 31.8 Å². The summed E-state index contributed by atoms with van der Waals surface area (Å²) in [5.74, 6) is -2.57. The van der Waals surface area contributed by atoms with E-state index in [2.05, 4.69) is 5.32 Å². The van der Waals surface area contributed by atoms with E-state index in [-0.39, 0.29) is 17.5 Å². The third-order valence-electron chi connectivity index (χ3n) is 5.48. The lowest BCUT2D eigenvalue weighted by molar-refractivity contribution is -0.151. The number of hydrogen-bond donors (Lipinski definition) is 1. The molecule has 0 aliphatic carbocycles. The number of imide groups is 1. The van der Waals surface area contributed by atoms with E-state index in [1.54, 1.807) is 66.7 Å². The maximum atomic E-state index is 13.1. The zero-order valence-electron chi connectivity index (χ0n) is 18.3. The van der Waals surface area contributed by atoms with E-state index in [9.17, 15) is 19.2 Å². The minimum atomic E-state index is -1.23. The molecule has 0 bridgehead atoms. The lowest BCUT2D eigenvalue weighted by Crippen LogP contribution is -2.47. The Labute approximate surface area is 201 Å². The highest BCUT2D eigenvalue weighted by atomic mass is 35.5. The van der Waals surface area contributed by atoms with Gasteiger partial charge in [-0.1, -0.05) is 60.1 Å². The minimum Gasteiger partial charge on any atom is -0.454 e. The van der Waals surface area contributed by atoms with Crippen LogP contribution in [-0.4, -0.2) is 41.2 Å². The fourth-order valence-corrected chi connectivity index (χ4v) is 3.89. The predicted molar refractivity (Wildman–Crippen MR) is 127 cm³/mol. The largest absolute Gasteiger partial charge is 0.454 e. The first-order valence-electron chi connectivity index (χ1n) is 10.6. The molecule has 0 fully saturated rings. The van der Waals surface area contributed by atoms with Crippen molar-refractivity contribution in [3.8, 4) is 0 Å². The van der Waals surface area contributed by atoms with Crippen LogP contribution in [0.4, 0.5) is 5.69 Å². The molecule has 3 aromatic rings. The number of carbonyl (C=O) groups excluding carboxylic acids is 4. The van der Waals surface area contributed by atoms with E-state index in [1.165, 1.54) is 0 Å². The summed E-state index contributed by atoms with van der Waals surface area (Å²) in [5.41, 5.74) is 2.51. The Balaban J connectivity index is 1.50. The number of rotatable bonds is 7. The number of ether oxygens (including phenoxy) is 1. The summed E-state index contributed by atoms with van der Waals surface area (Å²) < 4.78 is 5.24. The Morgan fingerprint density at radius 1 is 0.941 bits per heavy atom. The molecule has 0 aromatic heterocycles. The minimum absolute atomic E-state index is 0.0559.